The molecule has 9 nitrogen and oxygen atoms in total. The second-order valence-corrected chi connectivity index (χ2v) is 12.8. The van der Waals surface area contributed by atoms with Gasteiger partial charge in [-0.3, -0.25) is 4.98 Å². The molecule has 0 saturated carbocycles. The Morgan fingerprint density at radius 2 is 1.85 bits per heavy atom. The van der Waals surface area contributed by atoms with E-state index in [0.29, 0.717) is 18.9 Å². The van der Waals surface area contributed by atoms with Gasteiger partial charge in [-0.25, -0.2) is 23.4 Å². The number of anilines is 2. The van der Waals surface area contributed by atoms with Gasteiger partial charge in [-0.15, -0.1) is 11.3 Å². The first-order valence-corrected chi connectivity index (χ1v) is 15.7. The van der Waals surface area contributed by atoms with Crippen LogP contribution in [0.4, 0.5) is 11.5 Å². The van der Waals surface area contributed by atoms with Crippen molar-refractivity contribution in [1.29, 1.82) is 0 Å². The topological polar surface area (TPSA) is 115 Å². The number of hydrogen-bond donors (Lipinski definition) is 2. The van der Waals surface area contributed by atoms with E-state index in [1.807, 2.05) is 17.5 Å². The van der Waals surface area contributed by atoms with Gasteiger partial charge in [0, 0.05) is 59.4 Å². The van der Waals surface area contributed by atoms with Gasteiger partial charge in [0.1, 0.15) is 27.0 Å². The van der Waals surface area contributed by atoms with E-state index in [2.05, 4.69) is 89.9 Å². The molecular formula is C29H27N7O2S2. The van der Waals surface area contributed by atoms with Crippen LogP contribution in [0.1, 0.15) is 10.6 Å². The molecule has 40 heavy (non-hydrogen) atoms. The number of pyridine rings is 1. The average Bonchev–Trinajstić information content (AvgIpc) is 3.58. The molecule has 202 valence electrons. The molecule has 11 heteroatoms. The number of aromatic nitrogens is 5. The minimum Gasteiger partial charge on any atom is -0.343 e. The van der Waals surface area contributed by atoms with Crippen LogP contribution in [0.15, 0.2) is 84.8 Å². The fourth-order valence-electron chi connectivity index (χ4n) is 4.49. The first kappa shape index (κ1) is 26.1. The zero-order valence-electron chi connectivity index (χ0n) is 21.8. The molecule has 0 amide bonds. The van der Waals surface area contributed by atoms with E-state index in [0.717, 1.165) is 44.9 Å². The van der Waals surface area contributed by atoms with Crippen molar-refractivity contribution in [2.45, 2.75) is 13.1 Å². The van der Waals surface area contributed by atoms with Crippen LogP contribution in [-0.4, -0.2) is 51.5 Å². The van der Waals surface area contributed by atoms with Crippen molar-refractivity contribution in [2.75, 3.05) is 23.9 Å². The molecule has 6 rings (SSSR count). The fourth-order valence-corrected chi connectivity index (χ4v) is 5.77. The van der Waals surface area contributed by atoms with Crippen molar-refractivity contribution in [2.24, 2.45) is 0 Å². The molecule has 0 aliphatic heterocycles. The molecule has 0 atom stereocenters. The third-order valence-electron chi connectivity index (χ3n) is 6.49. The Hall–Kier alpha value is -4.19. The standard InChI is InChI=1S/C29H27N7O2S2/c1-40(37,38)12-10-30-16-28-35-26(18-39-28)24-14-23-25(15-31-24)32-19-33-29(23)34-22-7-8-27-21(13-22)9-11-36(27)17-20-5-3-2-4-6-20/h2-9,11,13-15,18-19,30H,10,12,16-17H2,1H3,(H,32,33,34). The normalized spacial score (nSPS) is 11.8. The van der Waals surface area contributed by atoms with Crippen molar-refractivity contribution in [3.8, 4) is 11.4 Å². The molecule has 0 spiro atoms. The number of rotatable bonds is 10. The van der Waals surface area contributed by atoms with Crippen LogP contribution < -0.4 is 10.6 Å². The van der Waals surface area contributed by atoms with Crippen LogP contribution in [0.2, 0.25) is 0 Å². The Morgan fingerprint density at radius 3 is 2.70 bits per heavy atom. The molecule has 0 bridgehead atoms. The molecule has 2 N–H and O–H groups in total. The van der Waals surface area contributed by atoms with Gasteiger partial charge in [0.25, 0.3) is 0 Å². The summed E-state index contributed by atoms with van der Waals surface area (Å²) in [6.07, 6.45) is 6.61. The quantitative estimate of drug-likeness (QED) is 0.221. The third-order valence-corrected chi connectivity index (χ3v) is 8.29. The number of benzene rings is 2. The Bertz CT molecular complexity index is 1900. The van der Waals surface area contributed by atoms with Gasteiger partial charge in [0.2, 0.25) is 0 Å². The smallest absolute Gasteiger partial charge is 0.148 e. The minimum atomic E-state index is -2.99. The van der Waals surface area contributed by atoms with Gasteiger partial charge in [0.05, 0.1) is 28.9 Å². The highest BCUT2D eigenvalue weighted by molar-refractivity contribution is 7.90. The maximum absolute atomic E-state index is 11.3. The predicted octanol–water partition coefficient (Wildman–Crippen LogP) is 5.03. The van der Waals surface area contributed by atoms with Crippen molar-refractivity contribution in [1.82, 2.24) is 29.8 Å². The number of fused-ring (bicyclic) bond motifs is 2. The SMILES string of the molecule is CS(=O)(=O)CCNCc1nc(-c2cc3c(Nc4ccc5c(ccn5Cc5ccccc5)c4)ncnc3cn2)cs1. The van der Waals surface area contributed by atoms with Crippen molar-refractivity contribution >= 4 is 54.5 Å². The Balaban J connectivity index is 1.21. The second kappa shape index (κ2) is 11.1. The van der Waals surface area contributed by atoms with Crippen LogP contribution in [0, 0.1) is 0 Å². The highest BCUT2D eigenvalue weighted by Crippen LogP contribution is 2.29. The lowest BCUT2D eigenvalue weighted by atomic mass is 10.2. The van der Waals surface area contributed by atoms with Gasteiger partial charge in [-0.2, -0.15) is 0 Å². The molecule has 0 aliphatic carbocycles. The van der Waals surface area contributed by atoms with Crippen molar-refractivity contribution in [3.63, 3.8) is 0 Å². The van der Waals surface area contributed by atoms with E-state index in [9.17, 15) is 8.42 Å². The summed E-state index contributed by atoms with van der Waals surface area (Å²) in [6, 6.07) is 20.8. The maximum atomic E-state index is 11.3. The molecule has 6 aromatic rings. The molecule has 4 aromatic heterocycles. The molecule has 0 aliphatic rings. The van der Waals surface area contributed by atoms with Crippen molar-refractivity contribution in [3.05, 3.63) is 95.3 Å². The first-order chi connectivity index (χ1) is 19.4. The highest BCUT2D eigenvalue weighted by atomic mass is 32.2. The monoisotopic (exact) mass is 569 g/mol. The summed E-state index contributed by atoms with van der Waals surface area (Å²) in [7, 11) is -2.99. The van der Waals surface area contributed by atoms with E-state index in [4.69, 9.17) is 0 Å². The van der Waals surface area contributed by atoms with Gasteiger partial charge in [-0.1, -0.05) is 30.3 Å². The lowest BCUT2D eigenvalue weighted by Crippen LogP contribution is -2.21. The van der Waals surface area contributed by atoms with E-state index < -0.39 is 9.84 Å². The largest absolute Gasteiger partial charge is 0.343 e. The molecular weight excluding hydrogens is 543 g/mol. The summed E-state index contributed by atoms with van der Waals surface area (Å²) in [5.74, 6) is 0.786. The Labute approximate surface area is 235 Å². The first-order valence-electron chi connectivity index (χ1n) is 12.8. The zero-order valence-corrected chi connectivity index (χ0v) is 23.4. The van der Waals surface area contributed by atoms with E-state index in [-0.39, 0.29) is 5.75 Å². The maximum Gasteiger partial charge on any atom is 0.148 e. The fraction of sp³-hybridized carbons (Fsp3) is 0.172. The lowest BCUT2D eigenvalue weighted by Gasteiger charge is -2.10. The molecule has 4 heterocycles. The molecule has 0 saturated heterocycles. The average molecular weight is 570 g/mol. The number of nitrogens with one attached hydrogen (secondary N) is 2. The zero-order chi connectivity index (χ0) is 27.5. The van der Waals surface area contributed by atoms with Crippen LogP contribution in [0.25, 0.3) is 33.2 Å². The summed E-state index contributed by atoms with van der Waals surface area (Å²) in [5, 5.41) is 11.4. The molecule has 0 radical (unpaired) electrons. The summed E-state index contributed by atoms with van der Waals surface area (Å²) in [4.78, 5) is 18.2. The number of hydrogen-bond acceptors (Lipinski definition) is 9. The summed E-state index contributed by atoms with van der Waals surface area (Å²) >= 11 is 1.51. The third kappa shape index (κ3) is 6.01. The van der Waals surface area contributed by atoms with Crippen LogP contribution in [-0.2, 0) is 22.9 Å². The Morgan fingerprint density at radius 1 is 0.975 bits per heavy atom. The predicted molar refractivity (Wildman–Crippen MR) is 161 cm³/mol. The van der Waals surface area contributed by atoms with Crippen LogP contribution in [0.3, 0.4) is 0 Å². The van der Waals surface area contributed by atoms with Gasteiger partial charge < -0.3 is 15.2 Å². The number of nitrogens with zero attached hydrogens (tertiary/aromatic N) is 5. The van der Waals surface area contributed by atoms with Crippen molar-refractivity contribution < 1.29 is 8.42 Å². The summed E-state index contributed by atoms with van der Waals surface area (Å²) < 4.78 is 24.9. The molecule has 0 unspecified atom stereocenters. The Kier molecular flexibility index (Phi) is 7.25. The van der Waals surface area contributed by atoms with Crippen LogP contribution >= 0.6 is 11.3 Å². The minimum absolute atomic E-state index is 0.0969. The van der Waals surface area contributed by atoms with Crippen LogP contribution in [0.5, 0.6) is 0 Å². The molecule has 2 aromatic carbocycles. The lowest BCUT2D eigenvalue weighted by molar-refractivity contribution is 0.596. The second-order valence-electron chi connectivity index (χ2n) is 9.57. The highest BCUT2D eigenvalue weighted by Gasteiger charge is 2.12. The summed E-state index contributed by atoms with van der Waals surface area (Å²) in [5.41, 5.74) is 5.56. The van der Waals surface area contributed by atoms with E-state index in [1.165, 1.54) is 35.0 Å². The number of thiazole rings is 1. The van der Waals surface area contributed by atoms with Gasteiger partial charge in [0.15, 0.2) is 0 Å². The summed E-state index contributed by atoms with van der Waals surface area (Å²) in [6.45, 7) is 1.70. The van der Waals surface area contributed by atoms with Gasteiger partial charge >= 0.3 is 0 Å². The molecule has 0 fully saturated rings. The van der Waals surface area contributed by atoms with E-state index >= 15 is 0 Å². The number of sulfone groups is 1. The van der Waals surface area contributed by atoms with Gasteiger partial charge in [-0.05, 0) is 35.9 Å². The van der Waals surface area contributed by atoms with E-state index in [1.54, 1.807) is 6.20 Å².